The first kappa shape index (κ1) is 13.8. The Hall–Kier alpha value is -0.660. The van der Waals surface area contributed by atoms with Crippen LogP contribution >= 0.6 is 11.8 Å². The minimum atomic E-state index is 0.157. The summed E-state index contributed by atoms with van der Waals surface area (Å²) in [6.07, 6.45) is 1.27. The Morgan fingerprint density at radius 1 is 1.61 bits per heavy atom. The number of aromatic nitrogens is 4. The Kier molecular flexibility index (Phi) is 5.40. The van der Waals surface area contributed by atoms with Gasteiger partial charge < -0.3 is 10.1 Å². The highest BCUT2D eigenvalue weighted by Gasteiger charge is 2.20. The molecule has 0 bridgehead atoms. The Morgan fingerprint density at radius 3 is 3.22 bits per heavy atom. The highest BCUT2D eigenvalue weighted by Crippen LogP contribution is 2.25. The predicted molar refractivity (Wildman–Crippen MR) is 71.5 cm³/mol. The number of tetrazole rings is 1. The number of nitrogens with one attached hydrogen (secondary N) is 1. The van der Waals surface area contributed by atoms with E-state index in [0.717, 1.165) is 18.9 Å². The maximum absolute atomic E-state index is 5.02. The van der Waals surface area contributed by atoms with Crippen molar-refractivity contribution < 1.29 is 4.74 Å². The zero-order valence-electron chi connectivity index (χ0n) is 11.0. The van der Waals surface area contributed by atoms with Gasteiger partial charge in [-0.05, 0) is 41.2 Å². The average molecular weight is 271 g/mol. The Balaban J connectivity index is 1.89. The van der Waals surface area contributed by atoms with E-state index in [9.17, 15) is 0 Å². The van der Waals surface area contributed by atoms with E-state index in [0.29, 0.717) is 12.5 Å². The largest absolute Gasteiger partial charge is 0.383 e. The molecule has 1 aromatic rings. The first-order chi connectivity index (χ1) is 8.81. The lowest BCUT2D eigenvalue weighted by Crippen LogP contribution is -2.26. The molecule has 0 spiro atoms. The first-order valence-electron chi connectivity index (χ1n) is 6.37. The summed E-state index contributed by atoms with van der Waals surface area (Å²) in [6, 6.07) is 0.157. The number of hydrogen-bond donors (Lipinski definition) is 1. The molecule has 0 aromatic carbocycles. The van der Waals surface area contributed by atoms with E-state index < -0.39 is 0 Å². The fourth-order valence-corrected chi connectivity index (χ4v) is 3.36. The van der Waals surface area contributed by atoms with Crippen molar-refractivity contribution in [3.05, 3.63) is 5.82 Å². The second-order valence-electron chi connectivity index (χ2n) is 4.62. The lowest BCUT2D eigenvalue weighted by molar-refractivity contribution is 0.195. The second kappa shape index (κ2) is 7.06. The molecule has 1 fully saturated rings. The third kappa shape index (κ3) is 3.66. The Bertz CT molecular complexity index is 353. The van der Waals surface area contributed by atoms with Crippen molar-refractivity contribution in [1.82, 2.24) is 25.5 Å². The molecular weight excluding hydrogens is 250 g/mol. The molecule has 0 saturated carbocycles. The summed E-state index contributed by atoms with van der Waals surface area (Å²) >= 11 is 2.02. The number of nitrogens with zero attached hydrogens (tertiary/aromatic N) is 4. The van der Waals surface area contributed by atoms with Crippen molar-refractivity contribution in [2.24, 2.45) is 5.92 Å². The van der Waals surface area contributed by atoms with Gasteiger partial charge in [0.25, 0.3) is 0 Å². The van der Waals surface area contributed by atoms with E-state index in [-0.39, 0.29) is 6.04 Å². The smallest absolute Gasteiger partial charge is 0.167 e. The van der Waals surface area contributed by atoms with Crippen LogP contribution in [-0.4, -0.2) is 52.0 Å². The topological polar surface area (TPSA) is 64.9 Å². The summed E-state index contributed by atoms with van der Waals surface area (Å²) < 4.78 is 6.97. The third-order valence-electron chi connectivity index (χ3n) is 3.16. The van der Waals surface area contributed by atoms with Crippen molar-refractivity contribution in [3.63, 3.8) is 0 Å². The summed E-state index contributed by atoms with van der Waals surface area (Å²) in [5, 5.41) is 15.4. The molecule has 1 N–H and O–H groups in total. The van der Waals surface area contributed by atoms with Crippen LogP contribution < -0.4 is 5.32 Å². The normalized spacial score (nSPS) is 21.3. The number of rotatable bonds is 7. The zero-order chi connectivity index (χ0) is 12.8. The average Bonchev–Trinajstić information content (AvgIpc) is 3.01. The van der Waals surface area contributed by atoms with Gasteiger partial charge in [-0.3, -0.25) is 0 Å². The standard InChI is InChI=1S/C11H21N5OS/c1-9(12-4-5-17-2)11-13-14-15-16(11)7-10-3-6-18-8-10/h9-10,12H,3-8H2,1-2H3. The van der Waals surface area contributed by atoms with Crippen LogP contribution in [0.3, 0.4) is 0 Å². The maximum atomic E-state index is 5.02. The minimum absolute atomic E-state index is 0.157. The molecule has 6 nitrogen and oxygen atoms in total. The molecule has 0 aliphatic carbocycles. The Morgan fingerprint density at radius 2 is 2.50 bits per heavy atom. The lowest BCUT2D eigenvalue weighted by Gasteiger charge is -2.15. The molecule has 1 aliphatic heterocycles. The molecule has 7 heteroatoms. The predicted octanol–water partition coefficient (Wildman–Crippen LogP) is 0.723. The van der Waals surface area contributed by atoms with Crippen LogP contribution in [-0.2, 0) is 11.3 Å². The first-order valence-corrected chi connectivity index (χ1v) is 7.53. The van der Waals surface area contributed by atoms with Crippen LogP contribution in [0.4, 0.5) is 0 Å². The number of thioether (sulfide) groups is 1. The highest BCUT2D eigenvalue weighted by atomic mass is 32.2. The van der Waals surface area contributed by atoms with Crippen molar-refractivity contribution >= 4 is 11.8 Å². The number of hydrogen-bond acceptors (Lipinski definition) is 6. The van der Waals surface area contributed by atoms with E-state index in [1.807, 2.05) is 16.4 Å². The van der Waals surface area contributed by atoms with Crippen LogP contribution in [0.15, 0.2) is 0 Å². The quantitative estimate of drug-likeness (QED) is 0.737. The van der Waals surface area contributed by atoms with E-state index in [2.05, 4.69) is 27.8 Å². The summed E-state index contributed by atoms with van der Waals surface area (Å²) in [7, 11) is 1.70. The van der Waals surface area contributed by atoms with Gasteiger partial charge in [-0.1, -0.05) is 0 Å². The SMILES string of the molecule is COCCNC(C)c1nnnn1CC1CCSC1. The Labute approximate surface area is 112 Å². The molecule has 102 valence electrons. The van der Waals surface area contributed by atoms with Crippen molar-refractivity contribution in [3.8, 4) is 0 Å². The van der Waals surface area contributed by atoms with Gasteiger partial charge in [-0.15, -0.1) is 5.10 Å². The van der Waals surface area contributed by atoms with E-state index in [4.69, 9.17) is 4.74 Å². The molecule has 2 unspecified atom stereocenters. The molecule has 18 heavy (non-hydrogen) atoms. The van der Waals surface area contributed by atoms with Crippen molar-refractivity contribution in [2.75, 3.05) is 31.8 Å². The van der Waals surface area contributed by atoms with Crippen LogP contribution in [0, 0.1) is 5.92 Å². The monoisotopic (exact) mass is 271 g/mol. The minimum Gasteiger partial charge on any atom is -0.383 e. The second-order valence-corrected chi connectivity index (χ2v) is 5.77. The van der Waals surface area contributed by atoms with Gasteiger partial charge in [0.15, 0.2) is 5.82 Å². The van der Waals surface area contributed by atoms with Crippen molar-refractivity contribution in [2.45, 2.75) is 25.9 Å². The summed E-state index contributed by atoms with van der Waals surface area (Å²) in [4.78, 5) is 0. The van der Waals surface area contributed by atoms with Gasteiger partial charge in [0.2, 0.25) is 0 Å². The molecule has 1 aliphatic rings. The molecular formula is C11H21N5OS. The molecule has 1 saturated heterocycles. The number of methoxy groups -OCH3 is 1. The van der Waals surface area contributed by atoms with Crippen LogP contribution in [0.2, 0.25) is 0 Å². The summed E-state index contributed by atoms with van der Waals surface area (Å²) in [5.74, 6) is 4.13. The molecule has 2 rings (SSSR count). The van der Waals surface area contributed by atoms with Gasteiger partial charge in [0.05, 0.1) is 12.6 Å². The fraction of sp³-hybridized carbons (Fsp3) is 0.909. The van der Waals surface area contributed by atoms with Crippen LogP contribution in [0.5, 0.6) is 0 Å². The van der Waals surface area contributed by atoms with E-state index in [1.165, 1.54) is 17.9 Å². The third-order valence-corrected chi connectivity index (χ3v) is 4.39. The zero-order valence-corrected chi connectivity index (χ0v) is 11.8. The summed E-state index contributed by atoms with van der Waals surface area (Å²) in [6.45, 7) is 4.53. The van der Waals surface area contributed by atoms with Gasteiger partial charge in [-0.25, -0.2) is 4.68 Å². The summed E-state index contributed by atoms with van der Waals surface area (Å²) in [5.41, 5.74) is 0. The van der Waals surface area contributed by atoms with Gasteiger partial charge in [0.1, 0.15) is 0 Å². The van der Waals surface area contributed by atoms with E-state index >= 15 is 0 Å². The van der Waals surface area contributed by atoms with Crippen LogP contribution in [0.1, 0.15) is 25.2 Å². The van der Waals surface area contributed by atoms with Gasteiger partial charge in [0, 0.05) is 20.2 Å². The highest BCUT2D eigenvalue weighted by molar-refractivity contribution is 7.99. The van der Waals surface area contributed by atoms with Crippen LogP contribution in [0.25, 0.3) is 0 Å². The van der Waals surface area contributed by atoms with Crippen molar-refractivity contribution in [1.29, 1.82) is 0 Å². The number of ether oxygens (including phenoxy) is 1. The fourth-order valence-electron chi connectivity index (χ4n) is 2.09. The molecule has 0 amide bonds. The van der Waals surface area contributed by atoms with E-state index in [1.54, 1.807) is 7.11 Å². The lowest BCUT2D eigenvalue weighted by atomic mass is 10.1. The van der Waals surface area contributed by atoms with Gasteiger partial charge in [-0.2, -0.15) is 11.8 Å². The molecule has 2 atom stereocenters. The molecule has 1 aromatic heterocycles. The van der Waals surface area contributed by atoms with Gasteiger partial charge >= 0.3 is 0 Å². The maximum Gasteiger partial charge on any atom is 0.167 e. The molecule has 2 heterocycles. The molecule has 0 radical (unpaired) electrons.